The molecule has 0 aliphatic rings. The van der Waals surface area contributed by atoms with Gasteiger partial charge in [-0.25, -0.2) is 9.97 Å². The van der Waals surface area contributed by atoms with Gasteiger partial charge in [0.15, 0.2) is 0 Å². The summed E-state index contributed by atoms with van der Waals surface area (Å²) in [4.78, 5) is 13.0. The SMILES string of the molecule is CCNc1cc(-c2ncccc2OC)nc(C)n1. The van der Waals surface area contributed by atoms with Gasteiger partial charge in [-0.15, -0.1) is 0 Å². The van der Waals surface area contributed by atoms with Crippen molar-refractivity contribution in [3.63, 3.8) is 0 Å². The summed E-state index contributed by atoms with van der Waals surface area (Å²) in [7, 11) is 1.62. The number of hydrogen-bond donors (Lipinski definition) is 1. The minimum Gasteiger partial charge on any atom is -0.494 e. The average Bonchev–Trinajstić information content (AvgIpc) is 2.38. The first-order valence-corrected chi connectivity index (χ1v) is 5.83. The fourth-order valence-electron chi connectivity index (χ4n) is 1.71. The Hall–Kier alpha value is -2.17. The molecule has 0 bridgehead atoms. The Bertz CT molecular complexity index is 542. The Kier molecular flexibility index (Phi) is 3.72. The average molecular weight is 244 g/mol. The zero-order valence-electron chi connectivity index (χ0n) is 10.8. The van der Waals surface area contributed by atoms with Crippen LogP contribution in [0, 0.1) is 6.92 Å². The fraction of sp³-hybridized carbons (Fsp3) is 0.308. The highest BCUT2D eigenvalue weighted by Gasteiger charge is 2.10. The van der Waals surface area contributed by atoms with Crippen molar-refractivity contribution in [2.24, 2.45) is 0 Å². The lowest BCUT2D eigenvalue weighted by molar-refractivity contribution is 0.414. The lowest BCUT2D eigenvalue weighted by Gasteiger charge is -2.09. The Labute approximate surface area is 106 Å². The molecule has 0 amide bonds. The molecule has 0 fully saturated rings. The number of pyridine rings is 1. The summed E-state index contributed by atoms with van der Waals surface area (Å²) in [6, 6.07) is 5.58. The predicted octanol–water partition coefficient (Wildman–Crippen LogP) is 2.29. The molecule has 1 N–H and O–H groups in total. The summed E-state index contributed by atoms with van der Waals surface area (Å²) in [6.45, 7) is 4.70. The first kappa shape index (κ1) is 12.3. The van der Waals surface area contributed by atoms with E-state index in [2.05, 4.69) is 20.3 Å². The van der Waals surface area contributed by atoms with Gasteiger partial charge < -0.3 is 10.1 Å². The Morgan fingerprint density at radius 2 is 2.17 bits per heavy atom. The van der Waals surface area contributed by atoms with Crippen LogP contribution in [0.5, 0.6) is 5.75 Å². The Morgan fingerprint density at radius 1 is 1.33 bits per heavy atom. The maximum absolute atomic E-state index is 5.30. The number of ether oxygens (including phenoxy) is 1. The number of methoxy groups -OCH3 is 1. The summed E-state index contributed by atoms with van der Waals surface area (Å²) < 4.78 is 5.30. The predicted molar refractivity (Wildman–Crippen MR) is 70.7 cm³/mol. The highest BCUT2D eigenvalue weighted by atomic mass is 16.5. The van der Waals surface area contributed by atoms with Crippen molar-refractivity contribution in [3.05, 3.63) is 30.2 Å². The van der Waals surface area contributed by atoms with Crippen molar-refractivity contribution in [1.82, 2.24) is 15.0 Å². The summed E-state index contributed by atoms with van der Waals surface area (Å²) >= 11 is 0. The van der Waals surface area contributed by atoms with Crippen LogP contribution in [0.4, 0.5) is 5.82 Å². The third-order valence-corrected chi connectivity index (χ3v) is 2.43. The van der Waals surface area contributed by atoms with E-state index in [0.29, 0.717) is 11.6 Å². The second-order valence-corrected chi connectivity index (χ2v) is 3.77. The van der Waals surface area contributed by atoms with Crippen LogP contribution in [0.15, 0.2) is 24.4 Å². The highest BCUT2D eigenvalue weighted by Crippen LogP contribution is 2.26. The van der Waals surface area contributed by atoms with Gasteiger partial charge in [0.2, 0.25) is 0 Å². The molecule has 18 heavy (non-hydrogen) atoms. The molecule has 94 valence electrons. The lowest BCUT2D eigenvalue weighted by Crippen LogP contribution is -2.03. The first-order valence-electron chi connectivity index (χ1n) is 5.83. The minimum absolute atomic E-state index is 0.705. The zero-order chi connectivity index (χ0) is 13.0. The highest BCUT2D eigenvalue weighted by molar-refractivity contribution is 5.65. The number of anilines is 1. The van der Waals surface area contributed by atoms with Crippen molar-refractivity contribution in [2.75, 3.05) is 19.0 Å². The molecule has 5 nitrogen and oxygen atoms in total. The first-order chi connectivity index (χ1) is 8.74. The lowest BCUT2D eigenvalue weighted by atomic mass is 10.2. The standard InChI is InChI=1S/C13H16N4O/c1-4-14-12-8-10(16-9(2)17-12)13-11(18-3)6-5-7-15-13/h5-8H,4H2,1-3H3,(H,14,16,17). The maximum Gasteiger partial charge on any atom is 0.146 e. The van der Waals surface area contributed by atoms with E-state index in [4.69, 9.17) is 4.74 Å². The molecular formula is C13H16N4O. The number of aryl methyl sites for hydroxylation is 1. The van der Waals surface area contributed by atoms with E-state index < -0.39 is 0 Å². The maximum atomic E-state index is 5.30. The fourth-order valence-corrected chi connectivity index (χ4v) is 1.71. The van der Waals surface area contributed by atoms with Gasteiger partial charge in [0.25, 0.3) is 0 Å². The van der Waals surface area contributed by atoms with E-state index >= 15 is 0 Å². The number of nitrogens with zero attached hydrogens (tertiary/aromatic N) is 3. The number of rotatable bonds is 4. The molecule has 0 aromatic carbocycles. The third-order valence-electron chi connectivity index (χ3n) is 2.43. The van der Waals surface area contributed by atoms with Crippen LogP contribution in [0.2, 0.25) is 0 Å². The number of aromatic nitrogens is 3. The normalized spacial score (nSPS) is 10.2. The molecule has 0 unspecified atom stereocenters. The summed E-state index contributed by atoms with van der Waals surface area (Å²) in [5.41, 5.74) is 1.49. The van der Waals surface area contributed by atoms with Crippen LogP contribution >= 0.6 is 0 Å². The molecule has 0 radical (unpaired) electrons. The molecule has 0 aliphatic heterocycles. The van der Waals surface area contributed by atoms with E-state index in [1.807, 2.05) is 32.0 Å². The number of hydrogen-bond acceptors (Lipinski definition) is 5. The summed E-state index contributed by atoms with van der Waals surface area (Å²) in [5, 5.41) is 3.18. The zero-order valence-corrected chi connectivity index (χ0v) is 10.8. The van der Waals surface area contributed by atoms with E-state index in [9.17, 15) is 0 Å². The van der Waals surface area contributed by atoms with Crippen molar-refractivity contribution in [1.29, 1.82) is 0 Å². The van der Waals surface area contributed by atoms with Crippen LogP contribution in [-0.4, -0.2) is 28.6 Å². The van der Waals surface area contributed by atoms with Gasteiger partial charge in [-0.05, 0) is 26.0 Å². The number of nitrogens with one attached hydrogen (secondary N) is 1. The molecule has 2 rings (SSSR count). The topological polar surface area (TPSA) is 59.9 Å². The van der Waals surface area contributed by atoms with Crippen molar-refractivity contribution < 1.29 is 4.74 Å². The second-order valence-electron chi connectivity index (χ2n) is 3.77. The molecule has 2 heterocycles. The quantitative estimate of drug-likeness (QED) is 0.894. The monoisotopic (exact) mass is 244 g/mol. The second kappa shape index (κ2) is 5.44. The molecule has 0 saturated heterocycles. The molecule has 0 aliphatic carbocycles. The van der Waals surface area contributed by atoms with Gasteiger partial charge in [-0.2, -0.15) is 0 Å². The van der Waals surface area contributed by atoms with Crippen LogP contribution in [0.3, 0.4) is 0 Å². The molecule has 0 spiro atoms. The van der Waals surface area contributed by atoms with Gasteiger partial charge in [0, 0.05) is 18.8 Å². The summed E-state index contributed by atoms with van der Waals surface area (Å²) in [6.07, 6.45) is 1.72. The molecule has 5 heteroatoms. The van der Waals surface area contributed by atoms with E-state index in [0.717, 1.165) is 23.8 Å². The molecule has 0 atom stereocenters. The Balaban J connectivity index is 2.49. The minimum atomic E-state index is 0.705. The van der Waals surface area contributed by atoms with Crippen LogP contribution in [0.1, 0.15) is 12.7 Å². The molecule has 0 saturated carbocycles. The molecule has 2 aromatic heterocycles. The smallest absolute Gasteiger partial charge is 0.146 e. The van der Waals surface area contributed by atoms with Crippen LogP contribution in [-0.2, 0) is 0 Å². The van der Waals surface area contributed by atoms with Gasteiger partial charge in [0.05, 0.1) is 12.8 Å². The van der Waals surface area contributed by atoms with Crippen molar-refractivity contribution >= 4 is 5.82 Å². The van der Waals surface area contributed by atoms with Crippen LogP contribution in [0.25, 0.3) is 11.4 Å². The van der Waals surface area contributed by atoms with Crippen molar-refractivity contribution in [2.45, 2.75) is 13.8 Å². The van der Waals surface area contributed by atoms with Gasteiger partial charge in [-0.1, -0.05) is 0 Å². The summed E-state index contributed by atoms with van der Waals surface area (Å²) in [5.74, 6) is 2.21. The largest absolute Gasteiger partial charge is 0.494 e. The Morgan fingerprint density at radius 3 is 2.89 bits per heavy atom. The molecule has 2 aromatic rings. The van der Waals surface area contributed by atoms with Crippen molar-refractivity contribution in [3.8, 4) is 17.1 Å². The van der Waals surface area contributed by atoms with E-state index in [1.54, 1.807) is 13.3 Å². The van der Waals surface area contributed by atoms with Gasteiger partial charge in [-0.3, -0.25) is 4.98 Å². The van der Waals surface area contributed by atoms with Crippen LogP contribution < -0.4 is 10.1 Å². The van der Waals surface area contributed by atoms with Gasteiger partial charge >= 0.3 is 0 Å². The molecular weight excluding hydrogens is 228 g/mol. The van der Waals surface area contributed by atoms with Gasteiger partial charge in [0.1, 0.15) is 23.1 Å². The van der Waals surface area contributed by atoms with E-state index in [-0.39, 0.29) is 0 Å². The third kappa shape index (κ3) is 2.56. The van der Waals surface area contributed by atoms with E-state index in [1.165, 1.54) is 0 Å².